The van der Waals surface area contributed by atoms with Crippen LogP contribution in [0.4, 0.5) is 0 Å². The van der Waals surface area contributed by atoms with Gasteiger partial charge < -0.3 is 18.8 Å². The standard InChI is InChI=1S/C15H23BO3.C9H11BrO/c1-11(17-6)12-7-9-13(10-8-12)16-18-14(2,3)15(4,5)19-16;1-7(11-2)8-3-5-9(10)6-4-8/h7-11H,1-6H3;3-7H,1-2H3. The predicted molar refractivity (Wildman–Crippen MR) is 127 cm³/mol. The van der Waals surface area contributed by atoms with E-state index in [0.717, 1.165) is 15.5 Å². The Morgan fingerprint density at radius 2 is 1.10 bits per heavy atom. The Bertz CT molecular complexity index is 774. The lowest BCUT2D eigenvalue weighted by molar-refractivity contribution is 0.00578. The van der Waals surface area contributed by atoms with E-state index in [2.05, 4.69) is 67.9 Å². The van der Waals surface area contributed by atoms with Crippen molar-refractivity contribution in [2.24, 2.45) is 0 Å². The fraction of sp³-hybridized carbons (Fsp3) is 0.500. The van der Waals surface area contributed by atoms with Gasteiger partial charge in [-0.2, -0.15) is 0 Å². The van der Waals surface area contributed by atoms with Crippen molar-refractivity contribution >= 4 is 28.5 Å². The van der Waals surface area contributed by atoms with Crippen molar-refractivity contribution in [3.8, 4) is 0 Å². The SMILES string of the molecule is COC(C)c1ccc(B2OC(C)(C)C(C)(C)O2)cc1.COC(C)c1ccc(Br)cc1. The van der Waals surface area contributed by atoms with Crippen molar-refractivity contribution in [3.05, 3.63) is 64.1 Å². The van der Waals surface area contributed by atoms with Gasteiger partial charge in [0, 0.05) is 18.7 Å². The molecule has 0 spiro atoms. The number of benzene rings is 2. The predicted octanol–water partition coefficient (Wildman–Crippen LogP) is 5.85. The minimum atomic E-state index is -0.295. The number of ether oxygens (including phenoxy) is 2. The van der Waals surface area contributed by atoms with Crippen LogP contribution < -0.4 is 5.46 Å². The fourth-order valence-corrected chi connectivity index (χ4v) is 3.17. The minimum absolute atomic E-state index is 0.104. The van der Waals surface area contributed by atoms with Gasteiger partial charge in [-0.1, -0.05) is 52.3 Å². The maximum Gasteiger partial charge on any atom is 0.494 e. The molecule has 1 aliphatic heterocycles. The van der Waals surface area contributed by atoms with Crippen molar-refractivity contribution in [2.75, 3.05) is 14.2 Å². The van der Waals surface area contributed by atoms with E-state index < -0.39 is 0 Å². The highest BCUT2D eigenvalue weighted by atomic mass is 79.9. The smallest absolute Gasteiger partial charge is 0.399 e. The van der Waals surface area contributed by atoms with Gasteiger partial charge in [0.25, 0.3) is 0 Å². The molecular formula is C24H34BBrO4. The lowest BCUT2D eigenvalue weighted by atomic mass is 9.78. The zero-order valence-corrected chi connectivity index (χ0v) is 20.9. The van der Waals surface area contributed by atoms with E-state index in [-0.39, 0.29) is 30.5 Å². The summed E-state index contributed by atoms with van der Waals surface area (Å²) in [4.78, 5) is 0. The van der Waals surface area contributed by atoms with Crippen LogP contribution in [0.25, 0.3) is 0 Å². The highest BCUT2D eigenvalue weighted by Crippen LogP contribution is 2.36. The lowest BCUT2D eigenvalue weighted by Crippen LogP contribution is -2.41. The zero-order chi connectivity index (χ0) is 22.5. The van der Waals surface area contributed by atoms with Gasteiger partial charge in [0.05, 0.1) is 23.4 Å². The van der Waals surface area contributed by atoms with Crippen LogP contribution in [-0.2, 0) is 18.8 Å². The first-order valence-corrected chi connectivity index (χ1v) is 11.1. The van der Waals surface area contributed by atoms with Gasteiger partial charge in [-0.15, -0.1) is 0 Å². The first-order valence-electron chi connectivity index (χ1n) is 10.3. The summed E-state index contributed by atoms with van der Waals surface area (Å²) < 4.78 is 23.6. The first kappa shape index (κ1) is 25.1. The summed E-state index contributed by atoms with van der Waals surface area (Å²) >= 11 is 3.38. The monoisotopic (exact) mass is 476 g/mol. The molecule has 0 radical (unpaired) electrons. The summed E-state index contributed by atoms with van der Waals surface area (Å²) in [5, 5.41) is 0. The highest BCUT2D eigenvalue weighted by Gasteiger charge is 2.51. The molecule has 0 saturated carbocycles. The van der Waals surface area contributed by atoms with Crippen molar-refractivity contribution < 1.29 is 18.8 Å². The van der Waals surface area contributed by atoms with Crippen LogP contribution in [0.15, 0.2) is 53.0 Å². The summed E-state index contributed by atoms with van der Waals surface area (Å²) in [6.07, 6.45) is 0.287. The Morgan fingerprint density at radius 3 is 1.47 bits per heavy atom. The number of hydrogen-bond acceptors (Lipinski definition) is 4. The van der Waals surface area contributed by atoms with Gasteiger partial charge in [0.1, 0.15) is 0 Å². The van der Waals surface area contributed by atoms with Crippen molar-refractivity contribution in [2.45, 2.75) is 65.0 Å². The molecule has 164 valence electrons. The molecule has 2 aromatic carbocycles. The summed E-state index contributed by atoms with van der Waals surface area (Å²) in [7, 11) is 3.14. The maximum atomic E-state index is 6.02. The maximum absolute atomic E-state index is 6.02. The molecule has 6 heteroatoms. The number of methoxy groups -OCH3 is 2. The van der Waals surface area contributed by atoms with Crippen LogP contribution in [0.1, 0.15) is 64.9 Å². The van der Waals surface area contributed by atoms with E-state index in [9.17, 15) is 0 Å². The normalized spacial score (nSPS) is 19.0. The van der Waals surface area contributed by atoms with Crippen LogP contribution in [0.3, 0.4) is 0 Å². The van der Waals surface area contributed by atoms with E-state index in [1.54, 1.807) is 14.2 Å². The van der Waals surface area contributed by atoms with Crippen LogP contribution in [0.2, 0.25) is 0 Å². The second kappa shape index (κ2) is 10.4. The third kappa shape index (κ3) is 6.18. The fourth-order valence-electron chi connectivity index (χ4n) is 2.91. The van der Waals surface area contributed by atoms with Gasteiger partial charge in [-0.3, -0.25) is 0 Å². The molecule has 0 aromatic heterocycles. The molecule has 3 rings (SSSR count). The molecule has 2 unspecified atom stereocenters. The summed E-state index contributed by atoms with van der Waals surface area (Å²) in [6, 6.07) is 16.4. The average Bonchev–Trinajstić information content (AvgIpc) is 2.95. The molecule has 1 fully saturated rings. The Balaban J connectivity index is 0.000000248. The van der Waals surface area contributed by atoms with Crippen molar-refractivity contribution in [1.29, 1.82) is 0 Å². The van der Waals surface area contributed by atoms with E-state index in [1.807, 2.05) is 38.1 Å². The van der Waals surface area contributed by atoms with E-state index in [1.165, 1.54) is 5.56 Å². The zero-order valence-electron chi connectivity index (χ0n) is 19.4. The second-order valence-corrected chi connectivity index (χ2v) is 9.48. The molecule has 30 heavy (non-hydrogen) atoms. The van der Waals surface area contributed by atoms with Crippen LogP contribution in [-0.4, -0.2) is 32.5 Å². The summed E-state index contributed by atoms with van der Waals surface area (Å²) in [6.45, 7) is 12.3. The minimum Gasteiger partial charge on any atom is -0.399 e. The van der Waals surface area contributed by atoms with E-state index in [0.29, 0.717) is 0 Å². The van der Waals surface area contributed by atoms with Crippen molar-refractivity contribution in [1.82, 2.24) is 0 Å². The quantitative estimate of drug-likeness (QED) is 0.507. The molecule has 1 aliphatic rings. The Labute approximate surface area is 190 Å². The van der Waals surface area contributed by atoms with Crippen molar-refractivity contribution in [3.63, 3.8) is 0 Å². The number of hydrogen-bond donors (Lipinski definition) is 0. The first-order chi connectivity index (χ1) is 14.0. The third-order valence-electron chi connectivity index (χ3n) is 5.98. The molecule has 2 aromatic rings. The largest absolute Gasteiger partial charge is 0.494 e. The van der Waals surface area contributed by atoms with Gasteiger partial charge >= 0.3 is 7.12 Å². The van der Waals surface area contributed by atoms with E-state index >= 15 is 0 Å². The topological polar surface area (TPSA) is 36.9 Å². The Morgan fingerprint density at radius 1 is 0.733 bits per heavy atom. The molecule has 4 nitrogen and oxygen atoms in total. The van der Waals surface area contributed by atoms with E-state index in [4.69, 9.17) is 18.8 Å². The Hall–Kier alpha value is -1.18. The Kier molecular flexibility index (Phi) is 8.72. The van der Waals surface area contributed by atoms with Gasteiger partial charge in [-0.05, 0) is 70.3 Å². The second-order valence-electron chi connectivity index (χ2n) is 8.56. The molecule has 1 saturated heterocycles. The average molecular weight is 477 g/mol. The lowest BCUT2D eigenvalue weighted by Gasteiger charge is -2.32. The summed E-state index contributed by atoms with van der Waals surface area (Å²) in [5.74, 6) is 0. The molecule has 0 N–H and O–H groups in total. The van der Waals surface area contributed by atoms with Crippen LogP contribution in [0.5, 0.6) is 0 Å². The van der Waals surface area contributed by atoms with Gasteiger partial charge in [0.15, 0.2) is 0 Å². The number of rotatable bonds is 5. The van der Waals surface area contributed by atoms with Gasteiger partial charge in [0.2, 0.25) is 0 Å². The van der Waals surface area contributed by atoms with Crippen LogP contribution >= 0.6 is 15.9 Å². The van der Waals surface area contributed by atoms with Crippen LogP contribution in [0, 0.1) is 0 Å². The third-order valence-corrected chi connectivity index (χ3v) is 6.51. The molecule has 1 heterocycles. The summed E-state index contributed by atoms with van der Waals surface area (Å²) in [5.41, 5.74) is 2.82. The molecule has 0 amide bonds. The molecule has 2 atom stereocenters. The van der Waals surface area contributed by atoms with Gasteiger partial charge in [-0.25, -0.2) is 0 Å². The molecule has 0 aliphatic carbocycles. The molecular weight excluding hydrogens is 443 g/mol. The number of halogens is 1. The highest BCUT2D eigenvalue weighted by molar-refractivity contribution is 9.10. The molecule has 0 bridgehead atoms.